The van der Waals surface area contributed by atoms with Crippen molar-refractivity contribution in [3.63, 3.8) is 0 Å². The van der Waals surface area contributed by atoms with Crippen molar-refractivity contribution in [1.29, 1.82) is 0 Å². The van der Waals surface area contributed by atoms with E-state index in [0.29, 0.717) is 38.3 Å². The highest BCUT2D eigenvalue weighted by Crippen LogP contribution is 2.29. The summed E-state index contributed by atoms with van der Waals surface area (Å²) in [6, 6.07) is 10.4. The molecule has 25 heavy (non-hydrogen) atoms. The molecule has 2 aromatic carbocycles. The summed E-state index contributed by atoms with van der Waals surface area (Å²) in [7, 11) is 1.56. The van der Waals surface area contributed by atoms with Crippen molar-refractivity contribution in [2.75, 3.05) is 17.7 Å². The fourth-order valence-electron chi connectivity index (χ4n) is 2.06. The van der Waals surface area contributed by atoms with E-state index in [1.54, 1.807) is 37.4 Å². The van der Waals surface area contributed by atoms with Gasteiger partial charge in [0.2, 0.25) is 5.95 Å². The largest absolute Gasteiger partial charge is 0.495 e. The summed E-state index contributed by atoms with van der Waals surface area (Å²) in [4.78, 5) is 4.34. The average molecular weight is 397 g/mol. The SMILES string of the molecule is COc1ccc(Nc2cnnc(Nc3cc(Cl)cc(Cl)c3)n2)cc1Cl. The van der Waals surface area contributed by atoms with Crippen molar-refractivity contribution in [3.05, 3.63) is 57.7 Å². The Morgan fingerprint density at radius 1 is 0.920 bits per heavy atom. The Balaban J connectivity index is 1.78. The maximum absolute atomic E-state index is 6.11. The van der Waals surface area contributed by atoms with Gasteiger partial charge in [-0.05, 0) is 36.4 Å². The smallest absolute Gasteiger partial charge is 0.249 e. The van der Waals surface area contributed by atoms with E-state index in [9.17, 15) is 0 Å². The molecule has 1 heterocycles. The van der Waals surface area contributed by atoms with E-state index in [1.165, 1.54) is 6.20 Å². The Bertz CT molecular complexity index is 886. The van der Waals surface area contributed by atoms with Gasteiger partial charge in [-0.15, -0.1) is 5.10 Å². The topological polar surface area (TPSA) is 72.0 Å². The summed E-state index contributed by atoms with van der Waals surface area (Å²) in [6.45, 7) is 0. The van der Waals surface area contributed by atoms with Crippen LogP contribution in [0.5, 0.6) is 5.75 Å². The van der Waals surface area contributed by atoms with Crippen molar-refractivity contribution >= 4 is 57.9 Å². The normalized spacial score (nSPS) is 10.4. The molecule has 0 saturated heterocycles. The number of hydrogen-bond donors (Lipinski definition) is 2. The molecule has 2 N–H and O–H groups in total. The van der Waals surface area contributed by atoms with E-state index < -0.39 is 0 Å². The van der Waals surface area contributed by atoms with Crippen LogP contribution in [0.2, 0.25) is 15.1 Å². The van der Waals surface area contributed by atoms with Gasteiger partial charge in [0.1, 0.15) is 5.75 Å². The molecule has 0 aliphatic carbocycles. The fourth-order valence-corrected chi connectivity index (χ4v) is 2.85. The van der Waals surface area contributed by atoms with Gasteiger partial charge >= 0.3 is 0 Å². The van der Waals surface area contributed by atoms with Crippen molar-refractivity contribution in [2.45, 2.75) is 0 Å². The van der Waals surface area contributed by atoms with Gasteiger partial charge in [-0.25, -0.2) is 0 Å². The third-order valence-electron chi connectivity index (χ3n) is 3.10. The van der Waals surface area contributed by atoms with E-state index in [-0.39, 0.29) is 0 Å². The van der Waals surface area contributed by atoms with Crippen LogP contribution in [0, 0.1) is 0 Å². The predicted octanol–water partition coefficient (Wildman–Crippen LogP) is 5.33. The van der Waals surface area contributed by atoms with E-state index in [2.05, 4.69) is 25.8 Å². The third-order valence-corrected chi connectivity index (χ3v) is 3.83. The first-order valence-corrected chi connectivity index (χ1v) is 8.20. The van der Waals surface area contributed by atoms with Crippen LogP contribution in [-0.2, 0) is 0 Å². The molecular formula is C16H12Cl3N5O. The highest BCUT2D eigenvalue weighted by molar-refractivity contribution is 6.35. The Labute approximate surface area is 159 Å². The van der Waals surface area contributed by atoms with Crippen LogP contribution >= 0.6 is 34.8 Å². The molecule has 9 heteroatoms. The zero-order valence-electron chi connectivity index (χ0n) is 12.9. The van der Waals surface area contributed by atoms with Gasteiger partial charge in [0.15, 0.2) is 5.82 Å². The van der Waals surface area contributed by atoms with Gasteiger partial charge < -0.3 is 15.4 Å². The minimum Gasteiger partial charge on any atom is -0.495 e. The van der Waals surface area contributed by atoms with E-state index in [0.717, 1.165) is 5.69 Å². The van der Waals surface area contributed by atoms with Crippen LogP contribution < -0.4 is 15.4 Å². The minimum absolute atomic E-state index is 0.294. The molecule has 0 atom stereocenters. The minimum atomic E-state index is 0.294. The Morgan fingerprint density at radius 3 is 2.36 bits per heavy atom. The summed E-state index contributed by atoms with van der Waals surface area (Å²) in [6.07, 6.45) is 1.49. The summed E-state index contributed by atoms with van der Waals surface area (Å²) in [5.74, 6) is 1.38. The van der Waals surface area contributed by atoms with Crippen molar-refractivity contribution in [3.8, 4) is 5.75 Å². The average Bonchev–Trinajstić information content (AvgIpc) is 2.54. The molecule has 3 aromatic rings. The van der Waals surface area contributed by atoms with E-state index in [4.69, 9.17) is 39.5 Å². The monoisotopic (exact) mass is 395 g/mol. The second kappa shape index (κ2) is 7.74. The molecule has 3 rings (SSSR count). The molecule has 0 saturated carbocycles. The molecule has 0 spiro atoms. The second-order valence-corrected chi connectivity index (χ2v) is 6.20. The van der Waals surface area contributed by atoms with Gasteiger partial charge in [0, 0.05) is 21.4 Å². The van der Waals surface area contributed by atoms with Gasteiger partial charge in [0.05, 0.1) is 18.3 Å². The van der Waals surface area contributed by atoms with Crippen LogP contribution in [0.15, 0.2) is 42.6 Å². The quantitative estimate of drug-likeness (QED) is 0.607. The summed E-state index contributed by atoms with van der Waals surface area (Å²) >= 11 is 18.1. The molecule has 0 aliphatic rings. The number of hydrogen-bond acceptors (Lipinski definition) is 6. The number of anilines is 4. The number of benzene rings is 2. The Hall–Kier alpha value is -2.28. The van der Waals surface area contributed by atoms with Crippen molar-refractivity contribution in [2.24, 2.45) is 0 Å². The molecule has 6 nitrogen and oxygen atoms in total. The lowest BCUT2D eigenvalue weighted by Crippen LogP contribution is -2.02. The lowest BCUT2D eigenvalue weighted by molar-refractivity contribution is 0.415. The zero-order chi connectivity index (χ0) is 17.8. The van der Waals surface area contributed by atoms with E-state index in [1.807, 2.05) is 6.07 Å². The van der Waals surface area contributed by atoms with Crippen LogP contribution in [-0.4, -0.2) is 22.3 Å². The molecule has 128 valence electrons. The summed E-state index contributed by atoms with van der Waals surface area (Å²) in [5.41, 5.74) is 1.40. The molecule has 0 amide bonds. The lowest BCUT2D eigenvalue weighted by atomic mass is 10.3. The molecule has 1 aromatic heterocycles. The number of aromatic nitrogens is 3. The third kappa shape index (κ3) is 4.63. The predicted molar refractivity (Wildman–Crippen MR) is 101 cm³/mol. The summed E-state index contributed by atoms with van der Waals surface area (Å²) < 4.78 is 5.13. The Morgan fingerprint density at radius 2 is 1.68 bits per heavy atom. The summed E-state index contributed by atoms with van der Waals surface area (Å²) in [5, 5.41) is 15.5. The second-order valence-electron chi connectivity index (χ2n) is 4.92. The first kappa shape index (κ1) is 17.5. The van der Waals surface area contributed by atoms with Crippen LogP contribution in [0.3, 0.4) is 0 Å². The number of rotatable bonds is 5. The number of nitrogens with one attached hydrogen (secondary N) is 2. The highest BCUT2D eigenvalue weighted by atomic mass is 35.5. The first-order chi connectivity index (χ1) is 12.0. The Kier molecular flexibility index (Phi) is 5.43. The standard InChI is InChI=1S/C16H12Cl3N5O/c1-25-14-3-2-11(7-13(14)19)21-15-8-20-24-16(23-15)22-12-5-9(17)4-10(18)6-12/h2-8H,1H3,(H2,21,22,23,24). The molecule has 0 aliphatic heterocycles. The molecule has 0 unspecified atom stereocenters. The number of halogens is 3. The maximum atomic E-state index is 6.11. The zero-order valence-corrected chi connectivity index (χ0v) is 15.2. The molecule has 0 fully saturated rings. The van der Waals surface area contributed by atoms with Gasteiger partial charge in [-0.2, -0.15) is 10.1 Å². The molecular weight excluding hydrogens is 385 g/mol. The van der Waals surface area contributed by atoms with Gasteiger partial charge in [-0.1, -0.05) is 34.8 Å². The number of nitrogens with zero attached hydrogens (tertiary/aromatic N) is 3. The fraction of sp³-hybridized carbons (Fsp3) is 0.0625. The van der Waals surface area contributed by atoms with Crippen LogP contribution in [0.1, 0.15) is 0 Å². The van der Waals surface area contributed by atoms with Gasteiger partial charge in [-0.3, -0.25) is 0 Å². The molecule has 0 bridgehead atoms. The van der Waals surface area contributed by atoms with Crippen LogP contribution in [0.4, 0.5) is 23.1 Å². The molecule has 0 radical (unpaired) electrons. The van der Waals surface area contributed by atoms with E-state index >= 15 is 0 Å². The number of methoxy groups -OCH3 is 1. The maximum Gasteiger partial charge on any atom is 0.249 e. The first-order valence-electron chi connectivity index (χ1n) is 7.07. The lowest BCUT2D eigenvalue weighted by Gasteiger charge is -2.09. The van der Waals surface area contributed by atoms with Crippen LogP contribution in [0.25, 0.3) is 0 Å². The highest BCUT2D eigenvalue weighted by Gasteiger charge is 2.06. The van der Waals surface area contributed by atoms with Crippen molar-refractivity contribution < 1.29 is 4.74 Å². The van der Waals surface area contributed by atoms with Gasteiger partial charge in [0.25, 0.3) is 0 Å². The number of ether oxygens (including phenoxy) is 1. The van der Waals surface area contributed by atoms with Crippen molar-refractivity contribution in [1.82, 2.24) is 15.2 Å².